The molecule has 0 bridgehead atoms. The monoisotopic (exact) mass is 274 g/mol. The summed E-state index contributed by atoms with van der Waals surface area (Å²) in [5.41, 5.74) is 0.902. The molecule has 1 N–H and O–H groups in total. The summed E-state index contributed by atoms with van der Waals surface area (Å²) in [6.45, 7) is 0.120. The average molecular weight is 274 g/mol. The van der Waals surface area contributed by atoms with Gasteiger partial charge in [0, 0.05) is 37.4 Å². The molecule has 1 aromatic carbocycles. The number of likely N-dealkylation sites (N-methyl/N-ethyl adjacent to an activating group) is 1. The molecule has 0 aliphatic rings. The number of rotatable bonds is 4. The lowest BCUT2D eigenvalue weighted by atomic mass is 10.1. The number of nitrogens with one attached hydrogen (secondary N) is 1. The molecule has 0 saturated heterocycles. The summed E-state index contributed by atoms with van der Waals surface area (Å²) in [5, 5.41) is 14.6. The summed E-state index contributed by atoms with van der Waals surface area (Å²) in [4.78, 5) is 27.6. The largest absolute Gasteiger partial charge is 0.376 e. The number of anilines is 1. The smallest absolute Gasteiger partial charge is 0.295 e. The molecule has 0 fully saturated rings. The van der Waals surface area contributed by atoms with E-state index in [9.17, 15) is 14.9 Å². The number of hydrogen-bond acceptors (Lipinski definition) is 5. The van der Waals surface area contributed by atoms with Gasteiger partial charge in [0.2, 0.25) is 5.91 Å². The van der Waals surface area contributed by atoms with Gasteiger partial charge in [0.05, 0.1) is 11.5 Å². The molecule has 0 radical (unpaired) electrons. The molecule has 1 aromatic heterocycles. The van der Waals surface area contributed by atoms with Crippen molar-refractivity contribution < 1.29 is 9.72 Å². The molecule has 7 nitrogen and oxygen atoms in total. The standard InChI is InChI=1S/C13H14N4O3/c1-16(2)12(18)8-15-10-6-7-14-13-9(10)4-3-5-11(13)17(19)20/h3-7H,8H2,1-2H3,(H,14,15). The first-order valence-electron chi connectivity index (χ1n) is 5.97. The third-order valence-electron chi connectivity index (χ3n) is 2.88. The molecule has 0 saturated carbocycles. The minimum atomic E-state index is -0.468. The molecular formula is C13H14N4O3. The number of fused-ring (bicyclic) bond motifs is 1. The van der Waals surface area contributed by atoms with Gasteiger partial charge >= 0.3 is 0 Å². The van der Waals surface area contributed by atoms with Crippen molar-refractivity contribution in [1.82, 2.24) is 9.88 Å². The van der Waals surface area contributed by atoms with Crippen LogP contribution in [0.2, 0.25) is 0 Å². The van der Waals surface area contributed by atoms with E-state index in [4.69, 9.17) is 0 Å². The molecule has 0 atom stereocenters. The summed E-state index contributed by atoms with van der Waals surface area (Å²) >= 11 is 0. The Balaban J connectivity index is 2.38. The van der Waals surface area contributed by atoms with E-state index in [0.29, 0.717) is 16.6 Å². The van der Waals surface area contributed by atoms with Crippen LogP contribution in [0.1, 0.15) is 0 Å². The number of carbonyl (C=O) groups excluding carboxylic acids is 1. The van der Waals surface area contributed by atoms with E-state index in [1.807, 2.05) is 0 Å². The van der Waals surface area contributed by atoms with E-state index in [1.54, 1.807) is 32.3 Å². The fraction of sp³-hybridized carbons (Fsp3) is 0.231. The minimum absolute atomic E-state index is 0.0508. The van der Waals surface area contributed by atoms with Crippen LogP contribution in [0.5, 0.6) is 0 Å². The van der Waals surface area contributed by atoms with Crippen molar-refractivity contribution in [2.75, 3.05) is 26.0 Å². The van der Waals surface area contributed by atoms with E-state index in [1.165, 1.54) is 17.2 Å². The third-order valence-corrected chi connectivity index (χ3v) is 2.88. The molecule has 104 valence electrons. The molecule has 0 spiro atoms. The lowest BCUT2D eigenvalue weighted by Gasteiger charge is -2.13. The lowest BCUT2D eigenvalue weighted by molar-refractivity contribution is -0.383. The van der Waals surface area contributed by atoms with Crippen LogP contribution < -0.4 is 5.32 Å². The van der Waals surface area contributed by atoms with Gasteiger partial charge in [-0.1, -0.05) is 12.1 Å². The van der Waals surface area contributed by atoms with Crippen molar-refractivity contribution in [2.24, 2.45) is 0 Å². The number of carbonyl (C=O) groups is 1. The maximum Gasteiger partial charge on any atom is 0.295 e. The van der Waals surface area contributed by atoms with Crippen molar-refractivity contribution in [3.63, 3.8) is 0 Å². The van der Waals surface area contributed by atoms with Gasteiger partial charge in [-0.3, -0.25) is 14.9 Å². The average Bonchev–Trinajstić information content (AvgIpc) is 2.43. The van der Waals surface area contributed by atoms with Crippen LogP contribution in [0.3, 0.4) is 0 Å². The fourth-order valence-corrected chi connectivity index (χ4v) is 1.79. The van der Waals surface area contributed by atoms with E-state index < -0.39 is 4.92 Å². The number of amides is 1. The van der Waals surface area contributed by atoms with Gasteiger partial charge < -0.3 is 10.2 Å². The van der Waals surface area contributed by atoms with E-state index in [0.717, 1.165) is 0 Å². The Morgan fingerprint density at radius 1 is 1.40 bits per heavy atom. The minimum Gasteiger partial charge on any atom is -0.376 e. The number of pyridine rings is 1. The first-order chi connectivity index (χ1) is 9.50. The highest BCUT2D eigenvalue weighted by molar-refractivity contribution is 5.97. The normalized spacial score (nSPS) is 10.3. The molecule has 2 rings (SSSR count). The molecule has 0 aliphatic heterocycles. The third kappa shape index (κ3) is 2.66. The van der Waals surface area contributed by atoms with E-state index in [2.05, 4.69) is 10.3 Å². The Hall–Kier alpha value is -2.70. The summed E-state index contributed by atoms with van der Waals surface area (Å²) in [5.74, 6) is -0.0830. The maximum atomic E-state index is 11.6. The number of para-hydroxylation sites is 1. The Bertz CT molecular complexity index is 670. The highest BCUT2D eigenvalue weighted by Gasteiger charge is 2.14. The van der Waals surface area contributed by atoms with Gasteiger partial charge in [-0.15, -0.1) is 0 Å². The number of nitro groups is 1. The summed E-state index contributed by atoms with van der Waals surface area (Å²) in [6.07, 6.45) is 1.48. The number of non-ortho nitro benzene ring substituents is 1. The molecule has 0 unspecified atom stereocenters. The lowest BCUT2D eigenvalue weighted by Crippen LogP contribution is -2.28. The van der Waals surface area contributed by atoms with Gasteiger partial charge in [0.25, 0.3) is 5.69 Å². The van der Waals surface area contributed by atoms with Crippen molar-refractivity contribution in [3.8, 4) is 0 Å². The van der Waals surface area contributed by atoms with Crippen molar-refractivity contribution >= 4 is 28.2 Å². The number of nitro benzene ring substituents is 1. The van der Waals surface area contributed by atoms with Crippen LogP contribution in [-0.4, -0.2) is 41.4 Å². The first-order valence-corrected chi connectivity index (χ1v) is 5.97. The molecule has 0 aliphatic carbocycles. The molecule has 1 amide bonds. The zero-order chi connectivity index (χ0) is 14.7. The second-order valence-electron chi connectivity index (χ2n) is 4.43. The predicted molar refractivity (Wildman–Crippen MR) is 75.6 cm³/mol. The summed E-state index contributed by atoms with van der Waals surface area (Å²) < 4.78 is 0. The highest BCUT2D eigenvalue weighted by Crippen LogP contribution is 2.28. The Kier molecular flexibility index (Phi) is 3.79. The maximum absolute atomic E-state index is 11.6. The number of benzene rings is 1. The summed E-state index contributed by atoms with van der Waals surface area (Å²) in [6, 6.07) is 6.43. The molecule has 20 heavy (non-hydrogen) atoms. The first kappa shape index (κ1) is 13.7. The van der Waals surface area contributed by atoms with E-state index >= 15 is 0 Å². The van der Waals surface area contributed by atoms with Crippen molar-refractivity contribution in [2.45, 2.75) is 0 Å². The highest BCUT2D eigenvalue weighted by atomic mass is 16.6. The van der Waals surface area contributed by atoms with Crippen molar-refractivity contribution in [3.05, 3.63) is 40.6 Å². The molecule has 1 heterocycles. The number of nitrogens with zero attached hydrogens (tertiary/aromatic N) is 3. The van der Waals surface area contributed by atoms with Gasteiger partial charge in [0.1, 0.15) is 5.52 Å². The van der Waals surface area contributed by atoms with Crippen molar-refractivity contribution in [1.29, 1.82) is 0 Å². The van der Waals surface area contributed by atoms with Gasteiger partial charge in [-0.2, -0.15) is 0 Å². The Morgan fingerprint density at radius 3 is 2.80 bits per heavy atom. The van der Waals surface area contributed by atoms with Gasteiger partial charge in [0.15, 0.2) is 0 Å². The van der Waals surface area contributed by atoms with Crippen LogP contribution in [0.4, 0.5) is 11.4 Å². The van der Waals surface area contributed by atoms with Crippen LogP contribution in [0.25, 0.3) is 10.9 Å². The molecular weight excluding hydrogens is 260 g/mol. The summed E-state index contributed by atoms with van der Waals surface area (Å²) in [7, 11) is 3.33. The van der Waals surface area contributed by atoms with E-state index in [-0.39, 0.29) is 18.1 Å². The second kappa shape index (κ2) is 5.52. The number of aromatic nitrogens is 1. The fourth-order valence-electron chi connectivity index (χ4n) is 1.79. The van der Waals surface area contributed by atoms with Crippen LogP contribution in [0.15, 0.2) is 30.5 Å². The topological polar surface area (TPSA) is 88.4 Å². The van der Waals surface area contributed by atoms with Crippen LogP contribution in [0, 0.1) is 10.1 Å². The van der Waals surface area contributed by atoms with Gasteiger partial charge in [-0.05, 0) is 6.07 Å². The zero-order valence-electron chi connectivity index (χ0n) is 11.2. The Morgan fingerprint density at radius 2 is 2.15 bits per heavy atom. The molecule has 7 heteroatoms. The number of hydrogen-bond donors (Lipinski definition) is 1. The Labute approximate surface area is 115 Å². The quantitative estimate of drug-likeness (QED) is 0.676. The zero-order valence-corrected chi connectivity index (χ0v) is 11.2. The van der Waals surface area contributed by atoms with Crippen LogP contribution in [-0.2, 0) is 4.79 Å². The second-order valence-corrected chi connectivity index (χ2v) is 4.43. The van der Waals surface area contributed by atoms with Crippen LogP contribution >= 0.6 is 0 Å². The predicted octanol–water partition coefficient (Wildman–Crippen LogP) is 1.64. The SMILES string of the molecule is CN(C)C(=O)CNc1ccnc2c([N+](=O)[O-])cccc12. The molecule has 2 aromatic rings. The van der Waals surface area contributed by atoms with Gasteiger partial charge in [-0.25, -0.2) is 4.98 Å².